The number of carboxylic acids is 1. The number of rotatable bonds is 4. The number of benzene rings is 1. The normalized spacial score (nSPS) is 10.6. The lowest BCUT2D eigenvalue weighted by atomic mass is 10.1. The lowest BCUT2D eigenvalue weighted by Crippen LogP contribution is -2.08. The van der Waals surface area contributed by atoms with Crippen molar-refractivity contribution in [3.8, 4) is 11.4 Å². The average Bonchev–Trinajstić information content (AvgIpc) is 2.42. The average molecular weight is 288 g/mol. The second-order valence-corrected chi connectivity index (χ2v) is 5.38. The van der Waals surface area contributed by atoms with Crippen LogP contribution in [0.2, 0.25) is 0 Å². The summed E-state index contributed by atoms with van der Waals surface area (Å²) in [6.07, 6.45) is 1.99. The van der Waals surface area contributed by atoms with Crippen LogP contribution in [0.25, 0.3) is 11.4 Å². The molecule has 0 saturated carbocycles. The van der Waals surface area contributed by atoms with Crippen LogP contribution in [0.5, 0.6) is 0 Å². The zero-order valence-electron chi connectivity index (χ0n) is 11.7. The lowest BCUT2D eigenvalue weighted by molar-refractivity contribution is -0.136. The van der Waals surface area contributed by atoms with E-state index in [0.717, 1.165) is 17.0 Å². The van der Waals surface area contributed by atoms with E-state index in [1.807, 2.05) is 44.4 Å². The standard InChI is InChI=1S/C15H16N2O2S/c1-9-13(8-14(18)19)10(2)17-15(16-9)11-4-6-12(20-3)7-5-11/h4-7H,8H2,1-3H3,(H,18,19). The summed E-state index contributed by atoms with van der Waals surface area (Å²) in [5, 5.41) is 8.90. The maximum Gasteiger partial charge on any atom is 0.307 e. The summed E-state index contributed by atoms with van der Waals surface area (Å²) >= 11 is 1.68. The summed E-state index contributed by atoms with van der Waals surface area (Å²) in [5.74, 6) is -0.223. The first kappa shape index (κ1) is 14.5. The Balaban J connectivity index is 2.40. The van der Waals surface area contributed by atoms with Crippen molar-refractivity contribution in [2.24, 2.45) is 0 Å². The maximum absolute atomic E-state index is 10.8. The molecule has 0 fully saturated rings. The fourth-order valence-electron chi connectivity index (χ4n) is 2.02. The molecule has 0 amide bonds. The first-order valence-electron chi connectivity index (χ1n) is 6.21. The van der Waals surface area contributed by atoms with Gasteiger partial charge >= 0.3 is 5.97 Å². The van der Waals surface area contributed by atoms with Gasteiger partial charge in [0, 0.05) is 27.4 Å². The smallest absolute Gasteiger partial charge is 0.307 e. The predicted octanol–water partition coefficient (Wildman–Crippen LogP) is 3.11. The summed E-state index contributed by atoms with van der Waals surface area (Å²) in [6, 6.07) is 8.02. The molecule has 1 aromatic carbocycles. The van der Waals surface area contributed by atoms with E-state index in [9.17, 15) is 4.79 Å². The number of carbonyl (C=O) groups is 1. The van der Waals surface area contributed by atoms with Crippen molar-refractivity contribution in [3.63, 3.8) is 0 Å². The number of carboxylic acid groups (broad SMARTS) is 1. The second kappa shape index (κ2) is 6.05. The molecule has 4 nitrogen and oxygen atoms in total. The molecule has 0 saturated heterocycles. The third-order valence-corrected chi connectivity index (χ3v) is 3.84. The highest BCUT2D eigenvalue weighted by molar-refractivity contribution is 7.98. The van der Waals surface area contributed by atoms with Crippen LogP contribution in [-0.4, -0.2) is 27.3 Å². The van der Waals surface area contributed by atoms with Crippen molar-refractivity contribution >= 4 is 17.7 Å². The van der Waals surface area contributed by atoms with Gasteiger partial charge in [-0.3, -0.25) is 4.79 Å². The summed E-state index contributed by atoms with van der Waals surface area (Å²) in [6.45, 7) is 3.65. The van der Waals surface area contributed by atoms with Gasteiger partial charge in [0.2, 0.25) is 0 Å². The van der Waals surface area contributed by atoms with Crippen molar-refractivity contribution in [1.82, 2.24) is 9.97 Å². The van der Waals surface area contributed by atoms with E-state index in [0.29, 0.717) is 11.4 Å². The molecule has 2 rings (SSSR count). The molecule has 20 heavy (non-hydrogen) atoms. The number of aryl methyl sites for hydroxylation is 2. The van der Waals surface area contributed by atoms with Gasteiger partial charge < -0.3 is 5.11 Å². The van der Waals surface area contributed by atoms with Crippen molar-refractivity contribution < 1.29 is 9.90 Å². The minimum Gasteiger partial charge on any atom is -0.481 e. The van der Waals surface area contributed by atoms with Gasteiger partial charge in [0.15, 0.2) is 5.82 Å². The van der Waals surface area contributed by atoms with Gasteiger partial charge in [0.1, 0.15) is 0 Å². The Labute approximate surface area is 122 Å². The van der Waals surface area contributed by atoms with Crippen molar-refractivity contribution in [2.45, 2.75) is 25.2 Å². The third kappa shape index (κ3) is 3.17. The predicted molar refractivity (Wildman–Crippen MR) is 80.1 cm³/mol. The number of hydrogen-bond donors (Lipinski definition) is 1. The van der Waals surface area contributed by atoms with E-state index in [1.165, 1.54) is 4.90 Å². The molecule has 1 N–H and O–H groups in total. The van der Waals surface area contributed by atoms with Crippen LogP contribution in [0, 0.1) is 13.8 Å². The molecule has 0 aliphatic rings. The number of nitrogens with zero attached hydrogens (tertiary/aromatic N) is 2. The number of aromatic nitrogens is 2. The monoisotopic (exact) mass is 288 g/mol. The van der Waals surface area contributed by atoms with E-state index in [1.54, 1.807) is 11.8 Å². The third-order valence-electron chi connectivity index (χ3n) is 3.10. The van der Waals surface area contributed by atoms with E-state index in [-0.39, 0.29) is 6.42 Å². The van der Waals surface area contributed by atoms with Gasteiger partial charge in [-0.05, 0) is 32.2 Å². The second-order valence-electron chi connectivity index (χ2n) is 4.50. The highest BCUT2D eigenvalue weighted by atomic mass is 32.2. The molecule has 5 heteroatoms. The summed E-state index contributed by atoms with van der Waals surface area (Å²) in [4.78, 5) is 20.9. The molecule has 0 aliphatic heterocycles. The van der Waals surface area contributed by atoms with Gasteiger partial charge in [0.05, 0.1) is 6.42 Å². The number of thioether (sulfide) groups is 1. The molecular formula is C15H16N2O2S. The largest absolute Gasteiger partial charge is 0.481 e. The molecule has 0 aliphatic carbocycles. The van der Waals surface area contributed by atoms with Gasteiger partial charge in [-0.1, -0.05) is 12.1 Å². The van der Waals surface area contributed by atoms with E-state index in [4.69, 9.17) is 5.11 Å². The fraction of sp³-hybridized carbons (Fsp3) is 0.267. The van der Waals surface area contributed by atoms with Crippen LogP contribution in [-0.2, 0) is 11.2 Å². The molecule has 2 aromatic rings. The topological polar surface area (TPSA) is 63.1 Å². The Morgan fingerprint density at radius 2 is 1.70 bits per heavy atom. The van der Waals surface area contributed by atoms with Crippen LogP contribution in [0.1, 0.15) is 17.0 Å². The van der Waals surface area contributed by atoms with Crippen LogP contribution < -0.4 is 0 Å². The fourth-order valence-corrected chi connectivity index (χ4v) is 2.42. The number of hydrogen-bond acceptors (Lipinski definition) is 4. The SMILES string of the molecule is CSc1ccc(-c2nc(C)c(CC(=O)O)c(C)n2)cc1. The molecule has 0 radical (unpaired) electrons. The van der Waals surface area contributed by atoms with Crippen LogP contribution in [0.4, 0.5) is 0 Å². The van der Waals surface area contributed by atoms with Crippen LogP contribution in [0.15, 0.2) is 29.2 Å². The Bertz CT molecular complexity index is 616. The van der Waals surface area contributed by atoms with E-state index >= 15 is 0 Å². The highest BCUT2D eigenvalue weighted by Gasteiger charge is 2.12. The summed E-state index contributed by atoms with van der Waals surface area (Å²) < 4.78 is 0. The maximum atomic E-state index is 10.8. The van der Waals surface area contributed by atoms with Gasteiger partial charge in [-0.15, -0.1) is 11.8 Å². The quantitative estimate of drug-likeness (QED) is 0.876. The van der Waals surface area contributed by atoms with E-state index in [2.05, 4.69) is 9.97 Å². The Hall–Kier alpha value is -1.88. The molecular weight excluding hydrogens is 272 g/mol. The molecule has 1 heterocycles. The Kier molecular flexibility index (Phi) is 4.39. The zero-order chi connectivity index (χ0) is 14.7. The van der Waals surface area contributed by atoms with Crippen molar-refractivity contribution in [3.05, 3.63) is 41.2 Å². The van der Waals surface area contributed by atoms with Crippen LogP contribution >= 0.6 is 11.8 Å². The molecule has 0 atom stereocenters. The van der Waals surface area contributed by atoms with Crippen molar-refractivity contribution in [2.75, 3.05) is 6.26 Å². The van der Waals surface area contributed by atoms with Crippen molar-refractivity contribution in [1.29, 1.82) is 0 Å². The summed E-state index contributed by atoms with van der Waals surface area (Å²) in [5.41, 5.74) is 3.09. The Morgan fingerprint density at radius 1 is 1.15 bits per heavy atom. The lowest BCUT2D eigenvalue weighted by Gasteiger charge is -2.09. The van der Waals surface area contributed by atoms with Gasteiger partial charge in [0.25, 0.3) is 0 Å². The molecule has 0 spiro atoms. The number of aliphatic carboxylic acids is 1. The van der Waals surface area contributed by atoms with Crippen LogP contribution in [0.3, 0.4) is 0 Å². The first-order valence-corrected chi connectivity index (χ1v) is 7.44. The molecule has 0 unspecified atom stereocenters. The first-order chi connectivity index (χ1) is 9.51. The minimum absolute atomic E-state index is 0.0383. The summed E-state index contributed by atoms with van der Waals surface area (Å²) in [7, 11) is 0. The molecule has 1 aromatic heterocycles. The Morgan fingerprint density at radius 3 is 2.15 bits per heavy atom. The minimum atomic E-state index is -0.864. The van der Waals surface area contributed by atoms with Gasteiger partial charge in [-0.25, -0.2) is 9.97 Å². The molecule has 104 valence electrons. The van der Waals surface area contributed by atoms with E-state index < -0.39 is 5.97 Å². The highest BCUT2D eigenvalue weighted by Crippen LogP contribution is 2.22. The molecule has 0 bridgehead atoms. The zero-order valence-corrected chi connectivity index (χ0v) is 12.5. The van der Waals surface area contributed by atoms with Gasteiger partial charge in [-0.2, -0.15) is 0 Å².